The molecule has 192 valence electrons. The van der Waals surface area contributed by atoms with Gasteiger partial charge in [-0.1, -0.05) is 57.8 Å². The SMILES string of the molecule is CCOC(=O)N1c2ccc(C)cc2[C@@H](N(Cc2cccc(Br)c2)c2nnn(CCCO)n2)C[C@H]1CC. The molecule has 1 amide bonds. The van der Waals surface area contributed by atoms with Gasteiger partial charge in [0.15, 0.2) is 0 Å². The number of nitrogens with zero attached hydrogens (tertiary/aromatic N) is 6. The lowest BCUT2D eigenvalue weighted by atomic mass is 9.88. The van der Waals surface area contributed by atoms with Gasteiger partial charge in [-0.3, -0.25) is 4.90 Å². The molecule has 0 aliphatic carbocycles. The second-order valence-electron chi connectivity index (χ2n) is 8.97. The molecule has 2 atom stereocenters. The number of hydrogen-bond acceptors (Lipinski definition) is 7. The zero-order valence-corrected chi connectivity index (χ0v) is 22.6. The molecule has 1 aliphatic heterocycles. The molecule has 0 spiro atoms. The van der Waals surface area contributed by atoms with Crippen molar-refractivity contribution in [2.24, 2.45) is 0 Å². The fourth-order valence-corrected chi connectivity index (χ4v) is 5.19. The number of fused-ring (bicyclic) bond motifs is 1. The number of aliphatic hydroxyl groups excluding tert-OH is 1. The summed E-state index contributed by atoms with van der Waals surface area (Å²) in [5, 5.41) is 22.5. The van der Waals surface area contributed by atoms with Crippen LogP contribution in [-0.4, -0.2) is 50.7 Å². The number of aryl methyl sites for hydroxylation is 2. The molecule has 10 heteroatoms. The van der Waals surface area contributed by atoms with E-state index in [4.69, 9.17) is 4.74 Å². The van der Waals surface area contributed by atoms with E-state index in [-0.39, 0.29) is 24.8 Å². The van der Waals surface area contributed by atoms with Crippen molar-refractivity contribution >= 4 is 33.7 Å². The normalized spacial score (nSPS) is 17.1. The first-order chi connectivity index (χ1) is 17.4. The van der Waals surface area contributed by atoms with Gasteiger partial charge in [-0.2, -0.15) is 4.80 Å². The van der Waals surface area contributed by atoms with Gasteiger partial charge in [-0.15, -0.1) is 5.10 Å². The molecule has 1 aromatic heterocycles. The van der Waals surface area contributed by atoms with Crippen LogP contribution in [0, 0.1) is 6.92 Å². The first-order valence-electron chi connectivity index (χ1n) is 12.4. The Morgan fingerprint density at radius 3 is 2.81 bits per heavy atom. The van der Waals surface area contributed by atoms with Crippen LogP contribution in [0.4, 0.5) is 16.4 Å². The predicted molar refractivity (Wildman–Crippen MR) is 142 cm³/mol. The van der Waals surface area contributed by atoms with Crippen LogP contribution in [0.15, 0.2) is 46.9 Å². The second kappa shape index (κ2) is 11.8. The van der Waals surface area contributed by atoms with Gasteiger partial charge in [-0.05, 0) is 67.6 Å². The number of carbonyl (C=O) groups excluding carboxylic acids is 1. The van der Waals surface area contributed by atoms with Crippen molar-refractivity contribution in [3.05, 3.63) is 63.6 Å². The number of rotatable bonds is 9. The van der Waals surface area contributed by atoms with Crippen LogP contribution < -0.4 is 9.80 Å². The largest absolute Gasteiger partial charge is 0.449 e. The maximum atomic E-state index is 13.0. The highest BCUT2D eigenvalue weighted by atomic mass is 79.9. The number of benzene rings is 2. The van der Waals surface area contributed by atoms with E-state index in [1.54, 1.807) is 4.90 Å². The van der Waals surface area contributed by atoms with E-state index < -0.39 is 0 Å². The quantitative estimate of drug-likeness (QED) is 0.395. The van der Waals surface area contributed by atoms with Crippen molar-refractivity contribution in [3.8, 4) is 0 Å². The van der Waals surface area contributed by atoms with E-state index >= 15 is 0 Å². The van der Waals surface area contributed by atoms with Gasteiger partial charge < -0.3 is 14.7 Å². The monoisotopic (exact) mass is 556 g/mol. The number of aromatic nitrogens is 4. The minimum absolute atomic E-state index is 0.0429. The van der Waals surface area contributed by atoms with Gasteiger partial charge in [-0.25, -0.2) is 4.79 Å². The van der Waals surface area contributed by atoms with Gasteiger partial charge in [0.2, 0.25) is 0 Å². The number of halogens is 1. The standard InChI is InChI=1S/C26H33BrN6O3/c1-4-21-16-24(22-14-18(3)10-11-23(22)33(21)26(35)36-5-2)31(17-19-8-6-9-20(27)15-19)25-28-30-32(29-25)12-7-13-34/h6,8-11,14-15,21,24,34H,4-5,7,12-13,16-17H2,1-3H3/t21-,24+/m1/s1. The highest BCUT2D eigenvalue weighted by Crippen LogP contribution is 2.43. The number of aliphatic hydroxyl groups is 1. The summed E-state index contributed by atoms with van der Waals surface area (Å²) in [4.78, 5) is 18.5. The minimum atomic E-state index is -0.320. The van der Waals surface area contributed by atoms with Gasteiger partial charge in [0.05, 0.1) is 24.9 Å². The minimum Gasteiger partial charge on any atom is -0.449 e. The highest BCUT2D eigenvalue weighted by molar-refractivity contribution is 9.10. The van der Waals surface area contributed by atoms with E-state index in [9.17, 15) is 9.90 Å². The van der Waals surface area contributed by atoms with Gasteiger partial charge in [0.25, 0.3) is 5.95 Å². The summed E-state index contributed by atoms with van der Waals surface area (Å²) in [6, 6.07) is 14.2. The number of carbonyl (C=O) groups is 1. The Morgan fingerprint density at radius 2 is 2.08 bits per heavy atom. The Labute approximate surface area is 220 Å². The lowest BCUT2D eigenvalue weighted by Crippen LogP contribution is -2.48. The van der Waals surface area contributed by atoms with E-state index in [0.717, 1.165) is 33.3 Å². The summed E-state index contributed by atoms with van der Waals surface area (Å²) >= 11 is 3.58. The van der Waals surface area contributed by atoms with Crippen molar-refractivity contribution in [1.82, 2.24) is 20.2 Å². The van der Waals surface area contributed by atoms with Crippen molar-refractivity contribution in [2.75, 3.05) is 23.0 Å². The van der Waals surface area contributed by atoms with Crippen molar-refractivity contribution in [1.29, 1.82) is 0 Å². The smallest absolute Gasteiger partial charge is 0.414 e. The average Bonchev–Trinajstić information content (AvgIpc) is 3.34. The molecular weight excluding hydrogens is 524 g/mol. The average molecular weight is 557 g/mol. The van der Waals surface area contributed by atoms with Crippen LogP contribution in [0.1, 0.15) is 55.8 Å². The number of hydrogen-bond donors (Lipinski definition) is 1. The summed E-state index contributed by atoms with van der Waals surface area (Å²) in [5.41, 5.74) is 4.11. The van der Waals surface area contributed by atoms with Crippen LogP contribution >= 0.6 is 15.9 Å². The zero-order valence-electron chi connectivity index (χ0n) is 21.0. The zero-order chi connectivity index (χ0) is 25.7. The van der Waals surface area contributed by atoms with E-state index in [2.05, 4.69) is 68.3 Å². The summed E-state index contributed by atoms with van der Waals surface area (Å²) in [6.07, 6.45) is 1.72. The molecule has 0 saturated carbocycles. The first-order valence-corrected chi connectivity index (χ1v) is 13.2. The summed E-state index contributed by atoms with van der Waals surface area (Å²) in [6.45, 7) is 7.42. The van der Waals surface area contributed by atoms with Crippen molar-refractivity contribution in [3.63, 3.8) is 0 Å². The number of amides is 1. The van der Waals surface area contributed by atoms with Crippen LogP contribution in [-0.2, 0) is 17.8 Å². The molecule has 2 heterocycles. The Morgan fingerprint density at radius 1 is 1.25 bits per heavy atom. The third kappa shape index (κ3) is 5.70. The molecule has 2 aromatic carbocycles. The summed E-state index contributed by atoms with van der Waals surface area (Å²) in [5.74, 6) is 0.518. The molecule has 0 unspecified atom stereocenters. The molecule has 0 bridgehead atoms. The third-order valence-corrected chi connectivity index (χ3v) is 6.92. The summed E-state index contributed by atoms with van der Waals surface area (Å²) in [7, 11) is 0. The van der Waals surface area contributed by atoms with Crippen molar-refractivity contribution < 1.29 is 14.6 Å². The highest BCUT2D eigenvalue weighted by Gasteiger charge is 2.39. The van der Waals surface area contributed by atoms with E-state index in [0.29, 0.717) is 38.5 Å². The fraction of sp³-hybridized carbons (Fsp3) is 0.462. The Hall–Kier alpha value is -2.98. The van der Waals surface area contributed by atoms with Gasteiger partial charge >= 0.3 is 6.09 Å². The molecule has 36 heavy (non-hydrogen) atoms. The lowest BCUT2D eigenvalue weighted by Gasteiger charge is -2.43. The maximum Gasteiger partial charge on any atom is 0.414 e. The predicted octanol–water partition coefficient (Wildman–Crippen LogP) is 5.02. The molecule has 0 saturated heterocycles. The number of tetrazole rings is 1. The summed E-state index contributed by atoms with van der Waals surface area (Å²) < 4.78 is 6.44. The van der Waals surface area contributed by atoms with Crippen molar-refractivity contribution in [2.45, 2.75) is 65.2 Å². The topological polar surface area (TPSA) is 96.6 Å². The van der Waals surface area contributed by atoms with Crippen LogP contribution in [0.2, 0.25) is 0 Å². The molecule has 1 aliphatic rings. The van der Waals surface area contributed by atoms with Crippen LogP contribution in [0.3, 0.4) is 0 Å². The molecule has 0 radical (unpaired) electrons. The third-order valence-electron chi connectivity index (χ3n) is 6.43. The number of anilines is 2. The van der Waals surface area contributed by atoms with Crippen LogP contribution in [0.5, 0.6) is 0 Å². The molecule has 1 N–H and O–H groups in total. The Bertz CT molecular complexity index is 1190. The molecule has 3 aromatic rings. The van der Waals surface area contributed by atoms with Gasteiger partial charge in [0, 0.05) is 23.7 Å². The van der Waals surface area contributed by atoms with E-state index in [1.165, 1.54) is 4.80 Å². The maximum absolute atomic E-state index is 13.0. The second-order valence-corrected chi connectivity index (χ2v) is 9.88. The van der Waals surface area contributed by atoms with E-state index in [1.807, 2.05) is 31.2 Å². The molecule has 0 fully saturated rings. The van der Waals surface area contributed by atoms with Crippen LogP contribution in [0.25, 0.3) is 0 Å². The Kier molecular flexibility index (Phi) is 8.58. The fourth-order valence-electron chi connectivity index (χ4n) is 4.74. The molecular formula is C26H33BrN6O3. The number of ether oxygens (including phenoxy) is 1. The Balaban J connectivity index is 1.80. The van der Waals surface area contributed by atoms with Gasteiger partial charge in [0.1, 0.15) is 0 Å². The lowest BCUT2D eigenvalue weighted by molar-refractivity contribution is 0.155. The first kappa shape index (κ1) is 26.1. The molecule has 9 nitrogen and oxygen atoms in total. The molecule has 4 rings (SSSR count).